The van der Waals surface area contributed by atoms with Gasteiger partial charge in [0.05, 0.1) is 12.7 Å². The van der Waals surface area contributed by atoms with Crippen molar-refractivity contribution in [3.63, 3.8) is 0 Å². The molecule has 102 valence electrons. The van der Waals surface area contributed by atoms with Crippen molar-refractivity contribution >= 4 is 15.7 Å². The number of hydrogen-bond acceptors (Lipinski definition) is 5. The van der Waals surface area contributed by atoms with Crippen molar-refractivity contribution in [1.29, 1.82) is 5.26 Å². The van der Waals surface area contributed by atoms with E-state index in [1.807, 2.05) is 6.07 Å². The summed E-state index contributed by atoms with van der Waals surface area (Å²) in [5.41, 5.74) is 0.283. The average molecular weight is 289 g/mol. The minimum Gasteiger partial charge on any atom is -0.480 e. The van der Waals surface area contributed by atoms with Gasteiger partial charge < -0.3 is 4.74 Å². The van der Waals surface area contributed by atoms with Gasteiger partial charge in [0, 0.05) is 6.20 Å². The Morgan fingerprint density at radius 2 is 2.00 bits per heavy atom. The summed E-state index contributed by atoms with van der Waals surface area (Å²) in [4.78, 5) is 3.81. The lowest BCUT2D eigenvalue weighted by atomic mass is 10.2. The van der Waals surface area contributed by atoms with Crippen molar-refractivity contribution in [3.05, 3.63) is 48.2 Å². The number of hydrogen-bond donors (Lipinski definition) is 1. The van der Waals surface area contributed by atoms with E-state index < -0.39 is 10.0 Å². The van der Waals surface area contributed by atoms with E-state index in [1.54, 1.807) is 18.2 Å². The van der Waals surface area contributed by atoms with Gasteiger partial charge in [-0.15, -0.1) is 0 Å². The molecule has 0 radical (unpaired) electrons. The first-order valence-corrected chi connectivity index (χ1v) is 7.08. The molecule has 1 heterocycles. The van der Waals surface area contributed by atoms with E-state index in [4.69, 9.17) is 10.00 Å². The molecule has 0 unspecified atom stereocenters. The topological polar surface area (TPSA) is 92.1 Å². The predicted octanol–water partition coefficient (Wildman–Crippen LogP) is 1.76. The van der Waals surface area contributed by atoms with E-state index in [2.05, 4.69) is 9.71 Å². The molecule has 0 amide bonds. The van der Waals surface area contributed by atoms with Crippen LogP contribution in [0.3, 0.4) is 0 Å². The van der Waals surface area contributed by atoms with Gasteiger partial charge in [0.1, 0.15) is 16.7 Å². The third-order valence-electron chi connectivity index (χ3n) is 2.51. The van der Waals surface area contributed by atoms with Crippen LogP contribution in [0.5, 0.6) is 5.88 Å². The van der Waals surface area contributed by atoms with E-state index in [0.717, 1.165) is 0 Å². The van der Waals surface area contributed by atoms with Gasteiger partial charge in [0.2, 0.25) is 5.88 Å². The molecular formula is C13H11N3O3S. The second kappa shape index (κ2) is 5.59. The van der Waals surface area contributed by atoms with Crippen LogP contribution in [0.15, 0.2) is 47.5 Å². The summed E-state index contributed by atoms with van der Waals surface area (Å²) in [6, 6.07) is 10.9. The maximum absolute atomic E-state index is 12.3. The van der Waals surface area contributed by atoms with Crippen molar-refractivity contribution < 1.29 is 13.2 Å². The van der Waals surface area contributed by atoms with Crippen molar-refractivity contribution in [2.45, 2.75) is 4.90 Å². The van der Waals surface area contributed by atoms with Gasteiger partial charge in [-0.2, -0.15) is 5.26 Å². The first-order valence-electron chi connectivity index (χ1n) is 5.59. The van der Waals surface area contributed by atoms with Crippen LogP contribution in [0, 0.1) is 11.3 Å². The summed E-state index contributed by atoms with van der Waals surface area (Å²) in [5.74, 6) is 0.158. The van der Waals surface area contributed by atoms with Crippen LogP contribution in [0.25, 0.3) is 0 Å². The molecule has 6 nitrogen and oxygen atoms in total. The van der Waals surface area contributed by atoms with Crippen LogP contribution in [-0.2, 0) is 10.0 Å². The van der Waals surface area contributed by atoms with E-state index in [-0.39, 0.29) is 22.0 Å². The van der Waals surface area contributed by atoms with Gasteiger partial charge in [-0.25, -0.2) is 13.4 Å². The molecule has 0 fully saturated rings. The number of ether oxygens (including phenoxy) is 1. The van der Waals surface area contributed by atoms with Crippen LogP contribution in [0.1, 0.15) is 5.56 Å². The molecule has 1 N–H and O–H groups in total. The Labute approximate surface area is 116 Å². The average Bonchev–Trinajstić information content (AvgIpc) is 2.47. The maximum atomic E-state index is 12.3. The number of sulfonamides is 1. The monoisotopic (exact) mass is 289 g/mol. The summed E-state index contributed by atoms with van der Waals surface area (Å²) in [5, 5.41) is 8.97. The Hall–Kier alpha value is -2.59. The van der Waals surface area contributed by atoms with Crippen LogP contribution in [-0.4, -0.2) is 20.5 Å². The van der Waals surface area contributed by atoms with Crippen LogP contribution in [0.2, 0.25) is 0 Å². The normalized spacial score (nSPS) is 10.6. The lowest BCUT2D eigenvalue weighted by molar-refractivity contribution is 0.400. The SMILES string of the molecule is COc1ncccc1NS(=O)(=O)c1ccccc1C#N. The van der Waals surface area contributed by atoms with Gasteiger partial charge in [0.15, 0.2) is 0 Å². The number of rotatable bonds is 4. The van der Waals surface area contributed by atoms with Gasteiger partial charge in [-0.3, -0.25) is 4.72 Å². The number of nitrogens with one attached hydrogen (secondary N) is 1. The minimum atomic E-state index is -3.88. The van der Waals surface area contributed by atoms with Crippen molar-refractivity contribution in [1.82, 2.24) is 4.98 Å². The summed E-state index contributed by atoms with van der Waals surface area (Å²) in [6.07, 6.45) is 1.49. The van der Waals surface area contributed by atoms with Crippen LogP contribution in [0.4, 0.5) is 5.69 Å². The number of anilines is 1. The molecule has 0 saturated heterocycles. The third kappa shape index (κ3) is 2.70. The van der Waals surface area contributed by atoms with Gasteiger partial charge >= 0.3 is 0 Å². The first-order chi connectivity index (χ1) is 9.58. The molecule has 7 heteroatoms. The van der Waals surface area contributed by atoms with Crippen LogP contribution >= 0.6 is 0 Å². The molecule has 1 aromatic carbocycles. The second-order valence-corrected chi connectivity index (χ2v) is 5.42. The highest BCUT2D eigenvalue weighted by atomic mass is 32.2. The highest BCUT2D eigenvalue weighted by Crippen LogP contribution is 2.24. The molecule has 0 bridgehead atoms. The number of aromatic nitrogens is 1. The van der Waals surface area contributed by atoms with Crippen LogP contribution < -0.4 is 9.46 Å². The summed E-state index contributed by atoms with van der Waals surface area (Å²) < 4.78 is 32.0. The molecule has 1 aromatic heterocycles. The standard InChI is InChI=1S/C13H11N3O3S/c1-19-13-11(6-4-8-15-13)16-20(17,18)12-7-3-2-5-10(12)9-14/h2-8,16H,1H3. The molecule has 0 aliphatic rings. The number of pyridine rings is 1. The molecule has 20 heavy (non-hydrogen) atoms. The molecule has 0 spiro atoms. The van der Waals surface area contributed by atoms with E-state index in [0.29, 0.717) is 0 Å². The molecule has 0 atom stereocenters. The van der Waals surface area contributed by atoms with E-state index in [9.17, 15) is 8.42 Å². The lowest BCUT2D eigenvalue weighted by Crippen LogP contribution is -2.15. The Morgan fingerprint density at radius 3 is 2.70 bits per heavy atom. The fourth-order valence-corrected chi connectivity index (χ4v) is 2.84. The van der Waals surface area contributed by atoms with E-state index in [1.165, 1.54) is 31.5 Å². The van der Waals surface area contributed by atoms with Gasteiger partial charge in [-0.1, -0.05) is 12.1 Å². The Bertz CT molecular complexity index is 766. The summed E-state index contributed by atoms with van der Waals surface area (Å²) >= 11 is 0. The molecule has 2 rings (SSSR count). The zero-order valence-corrected chi connectivity index (χ0v) is 11.4. The maximum Gasteiger partial charge on any atom is 0.263 e. The number of benzene rings is 1. The highest BCUT2D eigenvalue weighted by molar-refractivity contribution is 7.92. The fourth-order valence-electron chi connectivity index (χ4n) is 1.62. The quantitative estimate of drug-likeness (QED) is 0.926. The zero-order valence-electron chi connectivity index (χ0n) is 10.6. The summed E-state index contributed by atoms with van der Waals surface area (Å²) in [7, 11) is -2.49. The largest absolute Gasteiger partial charge is 0.480 e. The molecule has 0 aliphatic carbocycles. The predicted molar refractivity (Wildman–Crippen MR) is 72.8 cm³/mol. The first kappa shape index (κ1) is 13.8. The van der Waals surface area contributed by atoms with Gasteiger partial charge in [0.25, 0.3) is 10.0 Å². The third-order valence-corrected chi connectivity index (χ3v) is 3.93. The fraction of sp³-hybridized carbons (Fsp3) is 0.0769. The summed E-state index contributed by atoms with van der Waals surface area (Å²) in [6.45, 7) is 0. The Kier molecular flexibility index (Phi) is 3.86. The second-order valence-electron chi connectivity index (χ2n) is 3.77. The Balaban J connectivity index is 2.44. The Morgan fingerprint density at radius 1 is 1.25 bits per heavy atom. The number of nitrogens with zero attached hydrogens (tertiary/aromatic N) is 2. The molecule has 0 saturated carbocycles. The highest BCUT2D eigenvalue weighted by Gasteiger charge is 2.20. The zero-order chi connectivity index (χ0) is 14.6. The van der Waals surface area contributed by atoms with E-state index >= 15 is 0 Å². The van der Waals surface area contributed by atoms with Gasteiger partial charge in [-0.05, 0) is 24.3 Å². The smallest absolute Gasteiger partial charge is 0.263 e. The minimum absolute atomic E-state index is 0.0721. The van der Waals surface area contributed by atoms with Crippen molar-refractivity contribution in [2.24, 2.45) is 0 Å². The lowest BCUT2D eigenvalue weighted by Gasteiger charge is -2.11. The van der Waals surface area contributed by atoms with Crippen molar-refractivity contribution in [2.75, 3.05) is 11.8 Å². The molecule has 0 aliphatic heterocycles. The molecule has 2 aromatic rings. The number of nitriles is 1. The van der Waals surface area contributed by atoms with Crippen molar-refractivity contribution in [3.8, 4) is 11.9 Å². The number of methoxy groups -OCH3 is 1. The molecular weight excluding hydrogens is 278 g/mol.